The summed E-state index contributed by atoms with van der Waals surface area (Å²) in [6, 6.07) is 4.56. The van der Waals surface area contributed by atoms with Gasteiger partial charge in [0.1, 0.15) is 5.82 Å². The zero-order valence-electron chi connectivity index (χ0n) is 14.8. The van der Waals surface area contributed by atoms with Crippen LogP contribution in [0.25, 0.3) is 0 Å². The van der Waals surface area contributed by atoms with Crippen LogP contribution in [-0.2, 0) is 29.0 Å². The third kappa shape index (κ3) is 4.04. The zero-order valence-corrected chi connectivity index (χ0v) is 15.6. The molecule has 0 unspecified atom stereocenters. The molecule has 3 heterocycles. The lowest BCUT2D eigenvalue weighted by atomic mass is 10.1. The van der Waals surface area contributed by atoms with Crippen LogP contribution in [0, 0.1) is 5.82 Å². The maximum absolute atomic E-state index is 13.2. The Kier molecular flexibility index (Phi) is 5.22. The van der Waals surface area contributed by atoms with Crippen molar-refractivity contribution < 1.29 is 13.9 Å². The monoisotopic (exact) mass is 390 g/mol. The first kappa shape index (κ1) is 18.1. The van der Waals surface area contributed by atoms with Gasteiger partial charge in [-0.15, -0.1) is 0 Å². The minimum atomic E-state index is -0.448. The number of rotatable bonds is 4. The van der Waals surface area contributed by atoms with Gasteiger partial charge in [-0.1, -0.05) is 17.7 Å². The van der Waals surface area contributed by atoms with Crippen molar-refractivity contribution >= 4 is 23.5 Å². The number of halogens is 2. The Labute approximate surface area is 161 Å². The molecule has 1 fully saturated rings. The van der Waals surface area contributed by atoms with Gasteiger partial charge in [-0.2, -0.15) is 0 Å². The molecule has 0 saturated carbocycles. The number of carbonyl (C=O) groups is 1. The number of aryl methyl sites for hydroxylation is 1. The molecule has 8 heteroatoms. The number of anilines is 1. The van der Waals surface area contributed by atoms with E-state index in [9.17, 15) is 9.18 Å². The number of nitrogens with zero attached hydrogens (tertiary/aromatic N) is 4. The van der Waals surface area contributed by atoms with Crippen LogP contribution in [0.5, 0.6) is 0 Å². The molecule has 4 rings (SSSR count). The second kappa shape index (κ2) is 7.78. The minimum absolute atomic E-state index is 0.0429. The predicted octanol–water partition coefficient (Wildman–Crippen LogP) is 2.58. The van der Waals surface area contributed by atoms with E-state index >= 15 is 0 Å². The topological polar surface area (TPSA) is 58.6 Å². The second-order valence-corrected chi connectivity index (χ2v) is 7.15. The van der Waals surface area contributed by atoms with E-state index in [-0.39, 0.29) is 10.9 Å². The van der Waals surface area contributed by atoms with Gasteiger partial charge in [-0.25, -0.2) is 14.4 Å². The summed E-state index contributed by atoms with van der Waals surface area (Å²) in [5.74, 6) is 0.296. The van der Waals surface area contributed by atoms with Crippen molar-refractivity contribution in [2.75, 3.05) is 31.2 Å². The predicted molar refractivity (Wildman–Crippen MR) is 99.0 cm³/mol. The summed E-state index contributed by atoms with van der Waals surface area (Å²) < 4.78 is 18.6. The average molecular weight is 391 g/mol. The molecule has 2 aromatic rings. The average Bonchev–Trinajstić information content (AvgIpc) is 3.13. The van der Waals surface area contributed by atoms with E-state index in [0.29, 0.717) is 45.1 Å². The maximum atomic E-state index is 13.2. The number of carbonyl (C=O) groups excluding carboxylic acids is 1. The molecule has 1 aromatic heterocycles. The Morgan fingerprint density at radius 1 is 1.26 bits per heavy atom. The molecule has 0 N–H and O–H groups in total. The molecule has 0 aliphatic carbocycles. The molecule has 1 amide bonds. The third-order valence-corrected chi connectivity index (χ3v) is 5.19. The van der Waals surface area contributed by atoms with Crippen molar-refractivity contribution in [3.05, 3.63) is 52.1 Å². The Morgan fingerprint density at radius 2 is 2.07 bits per heavy atom. The molecule has 0 radical (unpaired) electrons. The first-order chi connectivity index (χ1) is 13.1. The molecule has 142 valence electrons. The van der Waals surface area contributed by atoms with E-state index in [1.54, 1.807) is 17.0 Å². The van der Waals surface area contributed by atoms with Crippen LogP contribution in [0.1, 0.15) is 23.2 Å². The van der Waals surface area contributed by atoms with Gasteiger partial charge in [0.2, 0.25) is 11.9 Å². The Balaban J connectivity index is 1.37. The molecular weight excluding hydrogens is 371 g/mol. The van der Waals surface area contributed by atoms with Crippen molar-refractivity contribution in [2.45, 2.75) is 25.9 Å². The normalized spacial score (nSPS) is 16.5. The number of hydrogen-bond acceptors (Lipinski definition) is 5. The minimum Gasteiger partial charge on any atom is -0.378 e. The van der Waals surface area contributed by atoms with Crippen LogP contribution in [-0.4, -0.2) is 47.1 Å². The fourth-order valence-electron chi connectivity index (χ4n) is 3.34. The molecule has 2 aliphatic rings. The van der Waals surface area contributed by atoms with Gasteiger partial charge < -0.3 is 14.5 Å². The molecule has 6 nitrogen and oxygen atoms in total. The molecule has 0 atom stereocenters. The van der Waals surface area contributed by atoms with Gasteiger partial charge in [0.15, 0.2) is 0 Å². The Morgan fingerprint density at radius 3 is 2.85 bits per heavy atom. The molecule has 0 bridgehead atoms. The second-order valence-electron chi connectivity index (χ2n) is 6.74. The smallest absolute Gasteiger partial charge is 0.225 e. The maximum Gasteiger partial charge on any atom is 0.225 e. The van der Waals surface area contributed by atoms with E-state index in [2.05, 4.69) is 14.9 Å². The summed E-state index contributed by atoms with van der Waals surface area (Å²) in [7, 11) is 0. The molecule has 2 aliphatic heterocycles. The largest absolute Gasteiger partial charge is 0.378 e. The summed E-state index contributed by atoms with van der Waals surface area (Å²) in [6.45, 7) is 3.94. The molecule has 27 heavy (non-hydrogen) atoms. The summed E-state index contributed by atoms with van der Waals surface area (Å²) >= 11 is 5.80. The van der Waals surface area contributed by atoms with Crippen LogP contribution in [0.2, 0.25) is 5.02 Å². The summed E-state index contributed by atoms with van der Waals surface area (Å²) in [4.78, 5) is 25.6. The van der Waals surface area contributed by atoms with E-state index in [0.717, 1.165) is 29.9 Å². The fraction of sp³-hybridized carbons (Fsp3) is 0.421. The zero-order chi connectivity index (χ0) is 18.8. The van der Waals surface area contributed by atoms with Crippen LogP contribution >= 0.6 is 11.6 Å². The molecule has 1 aromatic carbocycles. The van der Waals surface area contributed by atoms with Crippen LogP contribution in [0.15, 0.2) is 24.4 Å². The number of aromatic nitrogens is 2. The van der Waals surface area contributed by atoms with Gasteiger partial charge in [-0.3, -0.25) is 4.79 Å². The SMILES string of the molecule is O=C(CCc1ccc(F)c(Cl)c1)N1Cc2cnc(N3CCOCC3)nc2C1. The summed E-state index contributed by atoms with van der Waals surface area (Å²) in [5.41, 5.74) is 2.75. The standard InChI is InChI=1S/C19H20ClFN4O2/c20-15-9-13(1-3-16(15)21)2-4-18(26)25-11-14-10-22-19(23-17(14)12-25)24-5-7-27-8-6-24/h1,3,9-10H,2,4-8,11-12H2. The first-order valence-corrected chi connectivity index (χ1v) is 9.37. The molecular formula is C19H20ClFN4O2. The van der Waals surface area contributed by atoms with Gasteiger partial charge in [-0.05, 0) is 24.1 Å². The van der Waals surface area contributed by atoms with Gasteiger partial charge in [0.05, 0.1) is 30.5 Å². The highest BCUT2D eigenvalue weighted by atomic mass is 35.5. The summed E-state index contributed by atoms with van der Waals surface area (Å²) in [6.07, 6.45) is 2.69. The fourth-order valence-corrected chi connectivity index (χ4v) is 3.54. The third-order valence-electron chi connectivity index (χ3n) is 4.90. The highest BCUT2D eigenvalue weighted by molar-refractivity contribution is 6.30. The van der Waals surface area contributed by atoms with Crippen molar-refractivity contribution in [1.29, 1.82) is 0 Å². The number of morpholine rings is 1. The van der Waals surface area contributed by atoms with E-state index in [4.69, 9.17) is 16.3 Å². The Bertz CT molecular complexity index is 858. The van der Waals surface area contributed by atoms with Crippen molar-refractivity contribution in [3.8, 4) is 0 Å². The number of hydrogen-bond donors (Lipinski definition) is 0. The van der Waals surface area contributed by atoms with Gasteiger partial charge in [0, 0.05) is 37.8 Å². The van der Waals surface area contributed by atoms with Crippen LogP contribution in [0.4, 0.5) is 10.3 Å². The number of benzene rings is 1. The lowest BCUT2D eigenvalue weighted by Crippen LogP contribution is -2.37. The van der Waals surface area contributed by atoms with E-state index in [1.165, 1.54) is 6.07 Å². The van der Waals surface area contributed by atoms with Crippen LogP contribution < -0.4 is 4.90 Å². The summed E-state index contributed by atoms with van der Waals surface area (Å²) in [5, 5.41) is 0.0828. The number of fused-ring (bicyclic) bond motifs is 1. The van der Waals surface area contributed by atoms with E-state index < -0.39 is 5.82 Å². The van der Waals surface area contributed by atoms with Gasteiger partial charge >= 0.3 is 0 Å². The lowest BCUT2D eigenvalue weighted by Gasteiger charge is -2.26. The highest BCUT2D eigenvalue weighted by Gasteiger charge is 2.26. The lowest BCUT2D eigenvalue weighted by molar-refractivity contribution is -0.131. The number of ether oxygens (including phenoxy) is 1. The van der Waals surface area contributed by atoms with E-state index in [1.807, 2.05) is 6.20 Å². The molecule has 1 saturated heterocycles. The molecule has 0 spiro atoms. The first-order valence-electron chi connectivity index (χ1n) is 8.99. The highest BCUT2D eigenvalue weighted by Crippen LogP contribution is 2.24. The number of amides is 1. The van der Waals surface area contributed by atoms with Crippen molar-refractivity contribution in [1.82, 2.24) is 14.9 Å². The van der Waals surface area contributed by atoms with Gasteiger partial charge in [0.25, 0.3) is 0 Å². The Hall–Kier alpha value is -2.25. The van der Waals surface area contributed by atoms with Crippen molar-refractivity contribution in [3.63, 3.8) is 0 Å². The quantitative estimate of drug-likeness (QED) is 0.803. The van der Waals surface area contributed by atoms with Crippen molar-refractivity contribution in [2.24, 2.45) is 0 Å². The van der Waals surface area contributed by atoms with Crippen LogP contribution in [0.3, 0.4) is 0 Å².